The number of amides is 2. The van der Waals surface area contributed by atoms with E-state index < -0.39 is 17.9 Å². The lowest BCUT2D eigenvalue weighted by molar-refractivity contribution is -0.119. The molecule has 3 N–H and O–H groups in total. The van der Waals surface area contributed by atoms with Gasteiger partial charge in [0.25, 0.3) is 5.91 Å². The molecule has 0 aliphatic carbocycles. The molecule has 0 saturated carbocycles. The smallest absolute Gasteiger partial charge is 0.253 e. The van der Waals surface area contributed by atoms with E-state index in [1.54, 1.807) is 6.92 Å². The minimum atomic E-state index is -0.664. The molecule has 1 atom stereocenters. The number of rotatable bonds is 4. The lowest BCUT2D eigenvalue weighted by atomic mass is 10.2. The van der Waals surface area contributed by atoms with Gasteiger partial charge in [-0.3, -0.25) is 9.59 Å². The van der Waals surface area contributed by atoms with Crippen molar-refractivity contribution in [2.75, 3.05) is 0 Å². The quantitative estimate of drug-likeness (QED) is 0.762. The van der Waals surface area contributed by atoms with E-state index in [9.17, 15) is 9.59 Å². The number of nitrogens with two attached hydrogens (primary N) is 1. The first-order valence-electron chi connectivity index (χ1n) is 4.76. The molecule has 0 aliphatic rings. The molecule has 0 spiro atoms. The molecule has 2 amide bonds. The molecule has 0 fully saturated rings. The zero-order valence-corrected chi connectivity index (χ0v) is 9.49. The molecule has 1 aromatic rings. The Morgan fingerprint density at radius 2 is 2.25 bits per heavy atom. The predicted octanol–water partition coefficient (Wildman–Crippen LogP) is 0.729. The lowest BCUT2D eigenvalue weighted by Crippen LogP contribution is -2.43. The maximum Gasteiger partial charge on any atom is 0.253 e. The summed E-state index contributed by atoms with van der Waals surface area (Å²) in [5, 5.41) is 2.81. The van der Waals surface area contributed by atoms with Gasteiger partial charge in [-0.1, -0.05) is 18.5 Å². The van der Waals surface area contributed by atoms with Gasteiger partial charge >= 0.3 is 0 Å². The van der Waals surface area contributed by atoms with Gasteiger partial charge in [0, 0.05) is 6.20 Å². The van der Waals surface area contributed by atoms with Gasteiger partial charge in [-0.2, -0.15) is 0 Å². The molecule has 0 aromatic carbocycles. The molecular weight excluding hydrogens is 230 g/mol. The Balaban J connectivity index is 2.71. The molecule has 0 bridgehead atoms. The molecule has 0 radical (unpaired) electrons. The largest absolute Gasteiger partial charge is 0.368 e. The second-order valence-electron chi connectivity index (χ2n) is 3.21. The van der Waals surface area contributed by atoms with Crippen LogP contribution in [0.4, 0.5) is 0 Å². The van der Waals surface area contributed by atoms with E-state index in [0.29, 0.717) is 17.1 Å². The Labute approximate surface area is 98.0 Å². The molecule has 1 rings (SSSR count). The first kappa shape index (κ1) is 12.4. The summed E-state index contributed by atoms with van der Waals surface area (Å²) in [6.07, 6.45) is 1.79. The highest BCUT2D eigenvalue weighted by molar-refractivity contribution is 6.29. The molecule has 5 nitrogen and oxygen atoms in total. The van der Waals surface area contributed by atoms with Gasteiger partial charge in [0.1, 0.15) is 11.2 Å². The van der Waals surface area contributed by atoms with Crippen LogP contribution in [0.25, 0.3) is 0 Å². The normalized spacial score (nSPS) is 11.9. The summed E-state index contributed by atoms with van der Waals surface area (Å²) in [6, 6.07) is 2.36. The number of pyridine rings is 1. The van der Waals surface area contributed by atoms with E-state index in [1.807, 2.05) is 0 Å². The predicted molar refractivity (Wildman–Crippen MR) is 60.0 cm³/mol. The van der Waals surface area contributed by atoms with Crippen LogP contribution in [0, 0.1) is 0 Å². The van der Waals surface area contributed by atoms with Crippen molar-refractivity contribution in [2.24, 2.45) is 5.73 Å². The Kier molecular flexibility index (Phi) is 4.25. The zero-order chi connectivity index (χ0) is 12.1. The molecule has 86 valence electrons. The lowest BCUT2D eigenvalue weighted by Gasteiger charge is -2.12. The van der Waals surface area contributed by atoms with Crippen molar-refractivity contribution in [3.05, 3.63) is 29.0 Å². The number of primary amides is 1. The SMILES string of the molecule is CCC(NC(=O)c1ccc(Cl)nc1)C(N)=O. The van der Waals surface area contributed by atoms with Gasteiger partial charge in [-0.25, -0.2) is 4.98 Å². The van der Waals surface area contributed by atoms with Crippen LogP contribution < -0.4 is 11.1 Å². The summed E-state index contributed by atoms with van der Waals surface area (Å²) in [5.74, 6) is -0.951. The maximum atomic E-state index is 11.6. The van der Waals surface area contributed by atoms with Crippen molar-refractivity contribution in [1.82, 2.24) is 10.3 Å². The summed E-state index contributed by atoms with van der Waals surface area (Å²) in [5.41, 5.74) is 5.44. The van der Waals surface area contributed by atoms with E-state index in [2.05, 4.69) is 10.3 Å². The third-order valence-electron chi connectivity index (χ3n) is 2.05. The highest BCUT2D eigenvalue weighted by Crippen LogP contribution is 2.05. The van der Waals surface area contributed by atoms with Crippen molar-refractivity contribution in [2.45, 2.75) is 19.4 Å². The Bertz CT molecular complexity index is 392. The van der Waals surface area contributed by atoms with E-state index >= 15 is 0 Å². The topological polar surface area (TPSA) is 85.1 Å². The number of hydrogen-bond donors (Lipinski definition) is 2. The fourth-order valence-corrected chi connectivity index (χ4v) is 1.24. The van der Waals surface area contributed by atoms with Crippen molar-refractivity contribution in [1.29, 1.82) is 0 Å². The maximum absolute atomic E-state index is 11.6. The van der Waals surface area contributed by atoms with Crippen LogP contribution in [0.15, 0.2) is 18.3 Å². The number of aromatic nitrogens is 1. The third-order valence-corrected chi connectivity index (χ3v) is 2.27. The summed E-state index contributed by atoms with van der Waals surface area (Å²) in [6.45, 7) is 1.76. The summed E-state index contributed by atoms with van der Waals surface area (Å²) >= 11 is 5.58. The standard InChI is InChI=1S/C10H12ClN3O2/c1-2-7(9(12)15)14-10(16)6-3-4-8(11)13-5-6/h3-5,7H,2H2,1H3,(H2,12,15)(H,14,16). The Morgan fingerprint density at radius 3 is 2.69 bits per heavy atom. The minimum absolute atomic E-state index is 0.304. The molecule has 1 unspecified atom stereocenters. The number of halogens is 1. The molecule has 0 aliphatic heterocycles. The number of carbonyl (C=O) groups excluding carboxylic acids is 2. The Hall–Kier alpha value is -1.62. The third kappa shape index (κ3) is 3.20. The first-order valence-corrected chi connectivity index (χ1v) is 5.14. The molecule has 6 heteroatoms. The average molecular weight is 242 g/mol. The molecule has 0 saturated heterocycles. The van der Waals surface area contributed by atoms with Crippen molar-refractivity contribution < 1.29 is 9.59 Å². The fraction of sp³-hybridized carbons (Fsp3) is 0.300. The number of carbonyl (C=O) groups is 2. The van der Waals surface area contributed by atoms with E-state index in [0.717, 1.165) is 0 Å². The van der Waals surface area contributed by atoms with Gasteiger partial charge in [0.15, 0.2) is 0 Å². The summed E-state index contributed by atoms with van der Waals surface area (Å²) in [4.78, 5) is 26.3. The zero-order valence-electron chi connectivity index (χ0n) is 8.74. The fourth-order valence-electron chi connectivity index (χ4n) is 1.13. The van der Waals surface area contributed by atoms with Crippen LogP contribution in [-0.2, 0) is 4.79 Å². The second-order valence-corrected chi connectivity index (χ2v) is 3.59. The Morgan fingerprint density at radius 1 is 1.56 bits per heavy atom. The van der Waals surface area contributed by atoms with E-state index in [4.69, 9.17) is 17.3 Å². The van der Waals surface area contributed by atoms with E-state index in [-0.39, 0.29) is 0 Å². The van der Waals surface area contributed by atoms with Crippen LogP contribution in [0.3, 0.4) is 0 Å². The van der Waals surface area contributed by atoms with Crippen molar-refractivity contribution >= 4 is 23.4 Å². The molecule has 1 heterocycles. The molecular formula is C10H12ClN3O2. The van der Waals surface area contributed by atoms with Crippen LogP contribution in [0.2, 0.25) is 5.15 Å². The molecule has 16 heavy (non-hydrogen) atoms. The van der Waals surface area contributed by atoms with Crippen molar-refractivity contribution in [3.63, 3.8) is 0 Å². The highest BCUT2D eigenvalue weighted by atomic mass is 35.5. The van der Waals surface area contributed by atoms with Gasteiger partial charge in [0.05, 0.1) is 5.56 Å². The van der Waals surface area contributed by atoms with Crippen molar-refractivity contribution in [3.8, 4) is 0 Å². The number of hydrogen-bond acceptors (Lipinski definition) is 3. The van der Waals surface area contributed by atoms with Gasteiger partial charge in [-0.15, -0.1) is 0 Å². The van der Waals surface area contributed by atoms with Crippen LogP contribution in [0.1, 0.15) is 23.7 Å². The number of nitrogens with one attached hydrogen (secondary N) is 1. The average Bonchev–Trinajstić information content (AvgIpc) is 2.26. The highest BCUT2D eigenvalue weighted by Gasteiger charge is 2.16. The van der Waals surface area contributed by atoms with Crippen LogP contribution in [-0.4, -0.2) is 22.8 Å². The van der Waals surface area contributed by atoms with Crippen LogP contribution >= 0.6 is 11.6 Å². The number of nitrogens with zero attached hydrogens (tertiary/aromatic N) is 1. The second kappa shape index (κ2) is 5.46. The summed E-state index contributed by atoms with van der Waals surface area (Å²) in [7, 11) is 0. The van der Waals surface area contributed by atoms with Crippen LogP contribution in [0.5, 0.6) is 0 Å². The summed E-state index contributed by atoms with van der Waals surface area (Å²) < 4.78 is 0. The van der Waals surface area contributed by atoms with Gasteiger partial charge in [-0.05, 0) is 18.6 Å². The van der Waals surface area contributed by atoms with Gasteiger partial charge < -0.3 is 11.1 Å². The van der Waals surface area contributed by atoms with Gasteiger partial charge in [0.2, 0.25) is 5.91 Å². The minimum Gasteiger partial charge on any atom is -0.368 e. The first-order chi connectivity index (χ1) is 7.54. The monoisotopic (exact) mass is 241 g/mol. The van der Waals surface area contributed by atoms with E-state index in [1.165, 1.54) is 18.3 Å². The molecule has 1 aromatic heterocycles.